The van der Waals surface area contributed by atoms with Crippen molar-refractivity contribution in [2.24, 2.45) is 23.2 Å². The van der Waals surface area contributed by atoms with Gasteiger partial charge in [-0.25, -0.2) is 4.79 Å². The first kappa shape index (κ1) is 25.1. The molecule has 1 aliphatic heterocycles. The maximum absolute atomic E-state index is 13.4. The van der Waals surface area contributed by atoms with Crippen LogP contribution in [0.5, 0.6) is 0 Å². The summed E-state index contributed by atoms with van der Waals surface area (Å²) in [5, 5.41) is 13.6. The quantitative estimate of drug-likeness (QED) is 0.331. The molecule has 39 heavy (non-hydrogen) atoms. The number of hydrogen-bond donors (Lipinski definition) is 0. The highest BCUT2D eigenvalue weighted by atomic mass is 35.5. The van der Waals surface area contributed by atoms with Gasteiger partial charge in [-0.3, -0.25) is 4.68 Å². The number of esters is 1. The van der Waals surface area contributed by atoms with E-state index in [0.717, 1.165) is 52.4 Å². The fourth-order valence-electron chi connectivity index (χ4n) is 8.93. The van der Waals surface area contributed by atoms with Crippen LogP contribution in [0.15, 0.2) is 30.5 Å². The van der Waals surface area contributed by atoms with Crippen molar-refractivity contribution in [1.82, 2.24) is 20.0 Å². The van der Waals surface area contributed by atoms with Crippen molar-refractivity contribution in [1.29, 1.82) is 0 Å². The minimum atomic E-state index is -0.327. The minimum absolute atomic E-state index is 0.320. The molecule has 4 saturated carbocycles. The SMILES string of the molecule is COC(=O)c1c(-c2cnn(CC34CC5CC(CC(C5)C3)C4)c2C)ccc2c1C(C)(C)CN2c1ccc(Cl)nn1. The molecule has 8 rings (SSSR count). The molecule has 0 N–H and O–H groups in total. The summed E-state index contributed by atoms with van der Waals surface area (Å²) >= 11 is 6.00. The highest BCUT2D eigenvalue weighted by molar-refractivity contribution is 6.29. The smallest absolute Gasteiger partial charge is 0.338 e. The Hall–Kier alpha value is -2.93. The lowest BCUT2D eigenvalue weighted by Gasteiger charge is -2.56. The Morgan fingerprint density at radius 2 is 1.72 bits per heavy atom. The first-order valence-electron chi connectivity index (χ1n) is 14.2. The molecule has 0 spiro atoms. The molecule has 0 atom stereocenters. The summed E-state index contributed by atoms with van der Waals surface area (Å²) < 4.78 is 7.60. The van der Waals surface area contributed by atoms with Crippen molar-refractivity contribution in [3.63, 3.8) is 0 Å². The van der Waals surface area contributed by atoms with Gasteiger partial charge in [0.25, 0.3) is 0 Å². The monoisotopic (exact) mass is 545 g/mol. The molecule has 0 radical (unpaired) electrons. The van der Waals surface area contributed by atoms with Crippen LogP contribution in [0.4, 0.5) is 11.5 Å². The number of rotatable bonds is 5. The molecule has 0 unspecified atom stereocenters. The zero-order valence-electron chi connectivity index (χ0n) is 23.2. The molecule has 4 bridgehead atoms. The first-order valence-corrected chi connectivity index (χ1v) is 14.6. The van der Waals surface area contributed by atoms with Gasteiger partial charge in [0.15, 0.2) is 11.0 Å². The van der Waals surface area contributed by atoms with Crippen LogP contribution < -0.4 is 4.90 Å². The van der Waals surface area contributed by atoms with E-state index in [4.69, 9.17) is 21.4 Å². The Balaban J connectivity index is 1.29. The Morgan fingerprint density at radius 1 is 1.03 bits per heavy atom. The highest BCUT2D eigenvalue weighted by Crippen LogP contribution is 2.60. The molecular weight excluding hydrogens is 510 g/mol. The van der Waals surface area contributed by atoms with Gasteiger partial charge in [-0.1, -0.05) is 31.5 Å². The van der Waals surface area contributed by atoms with Crippen molar-refractivity contribution < 1.29 is 9.53 Å². The summed E-state index contributed by atoms with van der Waals surface area (Å²) in [5.74, 6) is 3.10. The average molecular weight is 546 g/mol. The van der Waals surface area contributed by atoms with Crippen molar-refractivity contribution >= 4 is 29.1 Å². The number of carbonyl (C=O) groups excluding carboxylic acids is 1. The molecule has 1 aromatic carbocycles. The zero-order valence-corrected chi connectivity index (χ0v) is 24.0. The molecule has 3 aromatic rings. The van der Waals surface area contributed by atoms with Crippen LogP contribution in [0, 0.1) is 30.1 Å². The fraction of sp³-hybridized carbons (Fsp3) is 0.548. The molecule has 3 heterocycles. The topological polar surface area (TPSA) is 73.1 Å². The van der Waals surface area contributed by atoms with Crippen molar-refractivity contribution in [2.45, 2.75) is 71.3 Å². The van der Waals surface area contributed by atoms with Crippen LogP contribution in [0.25, 0.3) is 11.1 Å². The predicted octanol–water partition coefficient (Wildman–Crippen LogP) is 6.73. The zero-order chi connectivity index (χ0) is 27.1. The van der Waals surface area contributed by atoms with Gasteiger partial charge < -0.3 is 9.64 Å². The van der Waals surface area contributed by atoms with Crippen LogP contribution in [-0.4, -0.2) is 39.6 Å². The summed E-state index contributed by atoms with van der Waals surface area (Å²) in [6.45, 7) is 8.12. The van der Waals surface area contributed by atoms with Crippen LogP contribution in [0.2, 0.25) is 5.15 Å². The number of ether oxygens (including phenoxy) is 1. The third-order valence-electron chi connectivity index (χ3n) is 10.0. The van der Waals surface area contributed by atoms with E-state index in [0.29, 0.717) is 28.5 Å². The van der Waals surface area contributed by atoms with Gasteiger partial charge in [0, 0.05) is 41.0 Å². The van der Waals surface area contributed by atoms with E-state index in [1.54, 1.807) is 6.07 Å². The number of aromatic nitrogens is 4. The maximum Gasteiger partial charge on any atom is 0.338 e. The normalized spacial score (nSPS) is 28.1. The number of carbonyl (C=O) groups is 1. The Bertz CT molecular complexity index is 1430. The number of halogens is 1. The number of methoxy groups -OCH3 is 1. The number of benzene rings is 1. The summed E-state index contributed by atoms with van der Waals surface area (Å²) in [7, 11) is 1.46. The average Bonchev–Trinajstić information content (AvgIpc) is 3.38. The van der Waals surface area contributed by atoms with Gasteiger partial charge in [-0.05, 0) is 92.4 Å². The first-order chi connectivity index (χ1) is 18.7. The van der Waals surface area contributed by atoms with Gasteiger partial charge in [-0.15, -0.1) is 10.2 Å². The lowest BCUT2D eigenvalue weighted by molar-refractivity contribution is -0.0638. The van der Waals surface area contributed by atoms with Crippen LogP contribution in [-0.2, 0) is 16.7 Å². The van der Waals surface area contributed by atoms with Gasteiger partial charge in [-0.2, -0.15) is 5.10 Å². The molecule has 2 aromatic heterocycles. The second kappa shape index (κ2) is 8.79. The van der Waals surface area contributed by atoms with Crippen LogP contribution in [0.3, 0.4) is 0 Å². The molecular formula is C31H36ClN5O2. The fourth-order valence-corrected chi connectivity index (χ4v) is 9.03. The third-order valence-corrected chi connectivity index (χ3v) is 10.2. The van der Waals surface area contributed by atoms with Crippen molar-refractivity contribution in [2.75, 3.05) is 18.6 Å². The lowest BCUT2D eigenvalue weighted by Crippen LogP contribution is -2.48. The molecule has 4 fully saturated rings. The van der Waals surface area contributed by atoms with Crippen molar-refractivity contribution in [3.05, 3.63) is 52.4 Å². The van der Waals surface area contributed by atoms with E-state index in [9.17, 15) is 4.79 Å². The summed E-state index contributed by atoms with van der Waals surface area (Å²) in [6.07, 6.45) is 10.3. The second-order valence-corrected chi connectivity index (χ2v) is 13.7. The Morgan fingerprint density at radius 3 is 2.33 bits per heavy atom. The van der Waals surface area contributed by atoms with Gasteiger partial charge in [0.1, 0.15) is 0 Å². The third kappa shape index (κ3) is 3.99. The predicted molar refractivity (Wildman–Crippen MR) is 151 cm³/mol. The summed E-state index contributed by atoms with van der Waals surface area (Å²) in [4.78, 5) is 15.6. The highest BCUT2D eigenvalue weighted by Gasteiger charge is 2.51. The van der Waals surface area contributed by atoms with E-state index >= 15 is 0 Å². The van der Waals surface area contributed by atoms with Gasteiger partial charge in [0.2, 0.25) is 0 Å². The molecule has 0 amide bonds. The van der Waals surface area contributed by atoms with E-state index in [2.05, 4.69) is 46.6 Å². The van der Waals surface area contributed by atoms with Crippen LogP contribution in [0.1, 0.15) is 74.0 Å². The number of fused-ring (bicyclic) bond motifs is 1. The van der Waals surface area contributed by atoms with Crippen molar-refractivity contribution in [3.8, 4) is 11.1 Å². The second-order valence-electron chi connectivity index (χ2n) is 13.3. The van der Waals surface area contributed by atoms with Gasteiger partial charge >= 0.3 is 5.97 Å². The number of anilines is 2. The van der Waals surface area contributed by atoms with Crippen LogP contribution >= 0.6 is 11.6 Å². The number of nitrogens with zero attached hydrogens (tertiary/aromatic N) is 5. The largest absolute Gasteiger partial charge is 0.465 e. The molecule has 204 valence electrons. The number of hydrogen-bond acceptors (Lipinski definition) is 6. The van der Waals surface area contributed by atoms with Gasteiger partial charge in [0.05, 0.1) is 18.9 Å². The minimum Gasteiger partial charge on any atom is -0.465 e. The molecule has 0 saturated heterocycles. The maximum atomic E-state index is 13.4. The molecule has 5 aliphatic rings. The summed E-state index contributed by atoms with van der Waals surface area (Å²) in [6, 6.07) is 7.75. The lowest BCUT2D eigenvalue weighted by atomic mass is 9.49. The standard InChI is InChI=1S/C31H36ClN5O2/c1-18-23(15-33-37(18)17-31-12-19-9-20(13-31)11-21(10-19)14-31)22-5-6-24-28(27(22)29(38)39-4)30(2,3)16-36(24)26-8-7-25(32)34-35-26/h5-8,15,19-21H,9-14,16-17H2,1-4H3. The Labute approximate surface area is 234 Å². The van der Waals surface area contributed by atoms with E-state index in [1.165, 1.54) is 45.6 Å². The molecule has 8 heteroatoms. The van der Waals surface area contributed by atoms with E-state index in [-0.39, 0.29) is 11.4 Å². The van der Waals surface area contributed by atoms with E-state index in [1.807, 2.05) is 18.3 Å². The summed E-state index contributed by atoms with van der Waals surface area (Å²) in [5.41, 5.74) is 5.59. The Kier molecular flexibility index (Phi) is 5.65. The molecule has 7 nitrogen and oxygen atoms in total. The van der Waals surface area contributed by atoms with E-state index < -0.39 is 0 Å². The molecule has 4 aliphatic carbocycles.